The molecule has 1 aromatic rings. The zero-order chi connectivity index (χ0) is 28.3. The maximum Gasteiger partial charge on any atom is 0.306 e. The predicted octanol–water partition coefficient (Wildman–Crippen LogP) is 7.04. The lowest BCUT2D eigenvalue weighted by Crippen LogP contribution is -2.51. The Morgan fingerprint density at radius 3 is 2.60 bits per heavy atom. The van der Waals surface area contributed by atoms with Gasteiger partial charge in [-0.1, -0.05) is 75.9 Å². The molecule has 1 amide bonds. The molecule has 7 unspecified atom stereocenters. The average molecular weight is 549 g/mol. The monoisotopic (exact) mass is 548 g/mol. The number of fused-ring (bicyclic) bond motifs is 5. The minimum atomic E-state index is -1.23. The van der Waals surface area contributed by atoms with Crippen LogP contribution in [0.25, 0.3) is 0 Å². The van der Waals surface area contributed by atoms with E-state index >= 15 is 0 Å². The van der Waals surface area contributed by atoms with Crippen LogP contribution in [0.15, 0.2) is 47.1 Å². The van der Waals surface area contributed by atoms with Crippen molar-refractivity contribution in [2.24, 2.45) is 33.7 Å². The van der Waals surface area contributed by atoms with Gasteiger partial charge in [0.05, 0.1) is 5.71 Å². The Kier molecular flexibility index (Phi) is 8.84. The molecule has 6 heteroatoms. The van der Waals surface area contributed by atoms with Crippen LogP contribution in [0.5, 0.6) is 0 Å². The number of carbonyl (C=O) groups excluding carboxylic acids is 2. The van der Waals surface area contributed by atoms with Crippen molar-refractivity contribution in [1.82, 2.24) is 5.43 Å². The highest BCUT2D eigenvalue weighted by molar-refractivity contribution is 5.97. The second-order valence-electron chi connectivity index (χ2n) is 13.3. The van der Waals surface area contributed by atoms with E-state index in [4.69, 9.17) is 4.74 Å². The number of amides is 1. The molecule has 40 heavy (non-hydrogen) atoms. The minimum absolute atomic E-state index is 0.00778. The third-order valence-corrected chi connectivity index (χ3v) is 11.1. The number of ether oxygens (including phenoxy) is 1. The van der Waals surface area contributed by atoms with E-state index in [0.717, 1.165) is 50.7 Å². The van der Waals surface area contributed by atoms with Crippen molar-refractivity contribution < 1.29 is 19.4 Å². The largest absolute Gasteiger partial charge is 0.462 e. The van der Waals surface area contributed by atoms with E-state index in [1.165, 1.54) is 37.7 Å². The van der Waals surface area contributed by atoms with E-state index < -0.39 is 12.0 Å². The lowest BCUT2D eigenvalue weighted by molar-refractivity contribution is -0.160. The van der Waals surface area contributed by atoms with Gasteiger partial charge in [-0.2, -0.15) is 5.10 Å². The number of benzene rings is 1. The third-order valence-electron chi connectivity index (χ3n) is 11.1. The lowest BCUT2D eigenvalue weighted by Gasteiger charge is -2.58. The highest BCUT2D eigenvalue weighted by Crippen LogP contribution is 2.65. The molecule has 0 saturated heterocycles. The fourth-order valence-corrected chi connectivity index (χ4v) is 8.69. The standard InChI is InChI=1S/C34H48N2O4/c1-4-5-6-10-13-30(37)40-29-17-16-27-26-15-14-24-22-25(18-20-33(24,2)28(26)19-21-34(27,29)3)35-36-32(39)31(38)23-11-8-7-9-12-23/h7-9,11-12,22,26-29,31,38H,4-6,10,13-21H2,1-3H3,(H,36,39). The number of unbranched alkanes of at least 4 members (excludes halogenated alkanes) is 3. The van der Waals surface area contributed by atoms with Gasteiger partial charge >= 0.3 is 5.97 Å². The first-order valence-electron chi connectivity index (χ1n) is 15.8. The number of nitrogens with zero attached hydrogens (tertiary/aromatic N) is 1. The zero-order valence-corrected chi connectivity index (χ0v) is 24.7. The van der Waals surface area contributed by atoms with Crippen LogP contribution >= 0.6 is 0 Å². The van der Waals surface area contributed by atoms with Crippen LogP contribution in [0.4, 0.5) is 0 Å². The molecule has 4 aliphatic carbocycles. The van der Waals surface area contributed by atoms with Crippen LogP contribution in [0.2, 0.25) is 0 Å². The van der Waals surface area contributed by atoms with E-state index in [0.29, 0.717) is 29.7 Å². The normalized spacial score (nSPS) is 34.7. The van der Waals surface area contributed by atoms with Gasteiger partial charge in [-0.25, -0.2) is 5.43 Å². The molecule has 0 spiro atoms. The van der Waals surface area contributed by atoms with Gasteiger partial charge in [0.25, 0.3) is 5.91 Å². The highest BCUT2D eigenvalue weighted by Gasteiger charge is 2.59. The summed E-state index contributed by atoms with van der Waals surface area (Å²) < 4.78 is 6.16. The number of rotatable bonds is 9. The first-order valence-corrected chi connectivity index (χ1v) is 15.8. The molecule has 5 rings (SSSR count). The summed E-state index contributed by atoms with van der Waals surface area (Å²) in [4.78, 5) is 25.2. The van der Waals surface area contributed by atoms with Gasteiger partial charge in [0.2, 0.25) is 0 Å². The number of hydrogen-bond acceptors (Lipinski definition) is 5. The number of aliphatic hydroxyl groups excluding tert-OH is 1. The van der Waals surface area contributed by atoms with Gasteiger partial charge in [-0.3, -0.25) is 9.59 Å². The van der Waals surface area contributed by atoms with Gasteiger partial charge in [0.15, 0.2) is 6.10 Å². The predicted molar refractivity (Wildman–Crippen MR) is 157 cm³/mol. The Morgan fingerprint density at radius 2 is 1.82 bits per heavy atom. The molecule has 0 aliphatic heterocycles. The Balaban J connectivity index is 1.21. The van der Waals surface area contributed by atoms with Crippen molar-refractivity contribution in [3.8, 4) is 0 Å². The van der Waals surface area contributed by atoms with Crippen LogP contribution < -0.4 is 5.43 Å². The van der Waals surface area contributed by atoms with Crippen LogP contribution in [0, 0.1) is 28.6 Å². The second kappa shape index (κ2) is 12.2. The summed E-state index contributed by atoms with van der Waals surface area (Å²) >= 11 is 0. The first kappa shape index (κ1) is 29.0. The molecule has 7 atom stereocenters. The van der Waals surface area contributed by atoms with Crippen molar-refractivity contribution in [3.63, 3.8) is 0 Å². The van der Waals surface area contributed by atoms with Gasteiger partial charge < -0.3 is 9.84 Å². The summed E-state index contributed by atoms with van der Waals surface area (Å²) in [5.74, 6) is 1.45. The van der Waals surface area contributed by atoms with Crippen LogP contribution in [0.1, 0.15) is 116 Å². The molecule has 1 aromatic carbocycles. The van der Waals surface area contributed by atoms with E-state index in [9.17, 15) is 14.7 Å². The topological polar surface area (TPSA) is 88.0 Å². The van der Waals surface area contributed by atoms with Crippen molar-refractivity contribution in [2.75, 3.05) is 0 Å². The third kappa shape index (κ3) is 5.66. The summed E-state index contributed by atoms with van der Waals surface area (Å²) in [5, 5.41) is 14.8. The number of allylic oxidation sites excluding steroid dienone is 2. The summed E-state index contributed by atoms with van der Waals surface area (Å²) in [6.45, 7) is 7.05. The first-order chi connectivity index (χ1) is 19.3. The Hall–Kier alpha value is -2.47. The molecule has 0 radical (unpaired) electrons. The van der Waals surface area contributed by atoms with Crippen molar-refractivity contribution in [1.29, 1.82) is 0 Å². The smallest absolute Gasteiger partial charge is 0.306 e. The van der Waals surface area contributed by atoms with Gasteiger partial charge in [-0.05, 0) is 92.6 Å². The van der Waals surface area contributed by atoms with Gasteiger partial charge in [-0.15, -0.1) is 0 Å². The number of carbonyl (C=O) groups is 2. The van der Waals surface area contributed by atoms with Gasteiger partial charge in [0.1, 0.15) is 6.10 Å². The number of aliphatic hydroxyl groups is 1. The zero-order valence-electron chi connectivity index (χ0n) is 24.7. The second-order valence-corrected chi connectivity index (χ2v) is 13.3. The molecule has 0 aromatic heterocycles. The van der Waals surface area contributed by atoms with Crippen LogP contribution in [0.3, 0.4) is 0 Å². The molecule has 0 heterocycles. The van der Waals surface area contributed by atoms with Crippen LogP contribution in [-0.4, -0.2) is 28.8 Å². The lowest BCUT2D eigenvalue weighted by atomic mass is 9.47. The fourth-order valence-electron chi connectivity index (χ4n) is 8.69. The molecular weight excluding hydrogens is 500 g/mol. The molecule has 3 fully saturated rings. The number of hydrogen-bond donors (Lipinski definition) is 2. The molecule has 2 N–H and O–H groups in total. The molecular formula is C34H48N2O4. The summed E-state index contributed by atoms with van der Waals surface area (Å²) in [5.41, 5.74) is 5.78. The summed E-state index contributed by atoms with van der Waals surface area (Å²) in [6, 6.07) is 8.95. The maximum atomic E-state index is 12.7. The summed E-state index contributed by atoms with van der Waals surface area (Å²) in [6.07, 6.45) is 14.6. The number of hydrazone groups is 1. The Labute approximate surface area is 240 Å². The quantitative estimate of drug-likeness (QED) is 0.197. The minimum Gasteiger partial charge on any atom is -0.462 e. The molecule has 6 nitrogen and oxygen atoms in total. The number of esters is 1. The molecule has 4 aliphatic rings. The van der Waals surface area contributed by atoms with E-state index in [-0.39, 0.29) is 22.9 Å². The van der Waals surface area contributed by atoms with E-state index in [1.54, 1.807) is 12.1 Å². The maximum absolute atomic E-state index is 12.7. The van der Waals surface area contributed by atoms with Crippen molar-refractivity contribution >= 4 is 17.6 Å². The molecule has 0 bridgehead atoms. The van der Waals surface area contributed by atoms with E-state index in [1.807, 2.05) is 18.2 Å². The average Bonchev–Trinajstić information content (AvgIpc) is 3.29. The fraction of sp³-hybridized carbons (Fsp3) is 0.676. The Bertz CT molecular complexity index is 1130. The Morgan fingerprint density at radius 1 is 1.02 bits per heavy atom. The van der Waals surface area contributed by atoms with Crippen LogP contribution in [-0.2, 0) is 14.3 Å². The highest BCUT2D eigenvalue weighted by atomic mass is 16.5. The summed E-state index contributed by atoms with van der Waals surface area (Å²) in [7, 11) is 0. The molecule has 3 saturated carbocycles. The van der Waals surface area contributed by atoms with Crippen molar-refractivity contribution in [3.05, 3.63) is 47.5 Å². The van der Waals surface area contributed by atoms with E-state index in [2.05, 4.69) is 37.4 Å². The number of nitrogens with one attached hydrogen (secondary N) is 1. The van der Waals surface area contributed by atoms with Crippen molar-refractivity contribution in [2.45, 2.75) is 116 Å². The molecule has 218 valence electrons. The van der Waals surface area contributed by atoms with Gasteiger partial charge in [0, 0.05) is 11.8 Å². The SMILES string of the molecule is CCCCCCC(=O)OC1CCC2C3CCC4=CC(=NNC(=O)C(O)c5ccccc5)CCC4(C)C3CCC12C.